The van der Waals surface area contributed by atoms with E-state index in [1.807, 2.05) is 24.3 Å². The summed E-state index contributed by atoms with van der Waals surface area (Å²) >= 11 is 1.42. The zero-order valence-corrected chi connectivity index (χ0v) is 20.4. The van der Waals surface area contributed by atoms with Crippen LogP contribution in [0.5, 0.6) is 11.5 Å². The molecule has 0 bridgehead atoms. The highest BCUT2D eigenvalue weighted by molar-refractivity contribution is 7.99. The third-order valence-electron chi connectivity index (χ3n) is 5.30. The molecule has 12 heteroatoms. The summed E-state index contributed by atoms with van der Waals surface area (Å²) in [5.74, 6) is 0.151. The minimum absolute atomic E-state index is 0.0724. The van der Waals surface area contributed by atoms with Crippen molar-refractivity contribution in [1.29, 1.82) is 0 Å². The van der Waals surface area contributed by atoms with Gasteiger partial charge in [0.05, 0.1) is 19.0 Å². The number of nitrogens with zero attached hydrogens (tertiary/aromatic N) is 5. The van der Waals surface area contributed by atoms with Crippen molar-refractivity contribution in [3.8, 4) is 22.8 Å². The number of aryl methyl sites for hydroxylation is 1. The number of benzene rings is 2. The number of methoxy groups -OCH3 is 1. The first-order valence-electron chi connectivity index (χ1n) is 11.0. The van der Waals surface area contributed by atoms with Crippen LogP contribution in [0.4, 0.5) is 14.5 Å². The standard InChI is InChI=1S/C25H20F2N6O3S/c1-32-14-20(30-24(34)19-13-29-33-10-4-9-28-23(19)33)22(31-32)18-12-17(7-8-21(18)36-25(26)27)37-16-6-3-5-15(11-16)35-2/h3-14,25H,1-2H3,(H,30,34). The van der Waals surface area contributed by atoms with Gasteiger partial charge in [0.1, 0.15) is 22.8 Å². The molecule has 0 spiro atoms. The molecule has 3 heterocycles. The fourth-order valence-electron chi connectivity index (χ4n) is 3.71. The topological polar surface area (TPSA) is 95.6 Å². The lowest BCUT2D eigenvalue weighted by atomic mass is 10.1. The number of carbonyl (C=O) groups excluding carboxylic acids is 1. The fourth-order valence-corrected chi connectivity index (χ4v) is 4.62. The van der Waals surface area contributed by atoms with Gasteiger partial charge in [-0.15, -0.1) is 0 Å². The van der Waals surface area contributed by atoms with Crippen molar-refractivity contribution in [2.75, 3.05) is 12.4 Å². The maximum Gasteiger partial charge on any atom is 0.387 e. The van der Waals surface area contributed by atoms with E-state index < -0.39 is 12.5 Å². The second-order valence-corrected chi connectivity index (χ2v) is 8.93. The molecule has 188 valence electrons. The van der Waals surface area contributed by atoms with Crippen molar-refractivity contribution in [2.45, 2.75) is 16.4 Å². The smallest absolute Gasteiger partial charge is 0.387 e. The van der Waals surface area contributed by atoms with E-state index in [0.717, 1.165) is 9.79 Å². The number of fused-ring (bicyclic) bond motifs is 1. The van der Waals surface area contributed by atoms with Crippen LogP contribution in [0.1, 0.15) is 10.4 Å². The van der Waals surface area contributed by atoms with E-state index >= 15 is 0 Å². The lowest BCUT2D eigenvalue weighted by Gasteiger charge is -2.13. The van der Waals surface area contributed by atoms with Gasteiger partial charge in [0.15, 0.2) is 5.65 Å². The molecule has 5 aromatic rings. The van der Waals surface area contributed by atoms with Crippen LogP contribution in [-0.4, -0.2) is 44.0 Å². The summed E-state index contributed by atoms with van der Waals surface area (Å²) in [5.41, 5.74) is 1.50. The molecule has 0 aliphatic rings. The number of aromatic nitrogens is 5. The van der Waals surface area contributed by atoms with E-state index in [1.165, 1.54) is 33.2 Å². The number of carbonyl (C=O) groups is 1. The summed E-state index contributed by atoms with van der Waals surface area (Å²) in [7, 11) is 3.25. The molecular formula is C25H20F2N6O3S. The Morgan fingerprint density at radius 3 is 2.78 bits per heavy atom. The Labute approximate surface area is 214 Å². The number of nitrogens with one attached hydrogen (secondary N) is 1. The molecule has 0 aliphatic heterocycles. The number of anilines is 1. The highest BCUT2D eigenvalue weighted by Crippen LogP contribution is 2.40. The molecule has 5 rings (SSSR count). The summed E-state index contributed by atoms with van der Waals surface area (Å²) in [6.45, 7) is -3.04. The number of hydrogen-bond acceptors (Lipinski definition) is 7. The Bertz CT molecular complexity index is 1590. The van der Waals surface area contributed by atoms with Gasteiger partial charge in [-0.1, -0.05) is 17.8 Å². The van der Waals surface area contributed by atoms with E-state index in [4.69, 9.17) is 9.47 Å². The summed E-state index contributed by atoms with van der Waals surface area (Å²) in [4.78, 5) is 18.9. The van der Waals surface area contributed by atoms with Gasteiger partial charge in [-0.25, -0.2) is 9.50 Å². The SMILES string of the molecule is COc1cccc(Sc2ccc(OC(F)F)c(-c3nn(C)cc3NC(=O)c3cnn4cccnc34)c2)c1. The first-order valence-corrected chi connectivity index (χ1v) is 11.8. The third-order valence-corrected chi connectivity index (χ3v) is 6.28. The number of ether oxygens (including phenoxy) is 2. The molecule has 0 fully saturated rings. The average Bonchev–Trinajstić information content (AvgIpc) is 3.48. The van der Waals surface area contributed by atoms with Crippen molar-refractivity contribution in [2.24, 2.45) is 7.05 Å². The molecule has 2 aromatic carbocycles. The summed E-state index contributed by atoms with van der Waals surface area (Å²) in [6, 6.07) is 14.0. The maximum absolute atomic E-state index is 13.2. The van der Waals surface area contributed by atoms with E-state index in [-0.39, 0.29) is 17.0 Å². The highest BCUT2D eigenvalue weighted by atomic mass is 32.2. The summed E-state index contributed by atoms with van der Waals surface area (Å²) < 4.78 is 39.5. The van der Waals surface area contributed by atoms with Gasteiger partial charge in [0.25, 0.3) is 5.91 Å². The van der Waals surface area contributed by atoms with Gasteiger partial charge < -0.3 is 14.8 Å². The van der Waals surface area contributed by atoms with E-state index in [2.05, 4.69) is 20.5 Å². The van der Waals surface area contributed by atoms with Crippen LogP contribution < -0.4 is 14.8 Å². The van der Waals surface area contributed by atoms with Crippen molar-refractivity contribution < 1.29 is 23.0 Å². The van der Waals surface area contributed by atoms with Crippen LogP contribution in [0.25, 0.3) is 16.9 Å². The zero-order valence-electron chi connectivity index (χ0n) is 19.6. The third kappa shape index (κ3) is 5.23. The Balaban J connectivity index is 1.51. The molecule has 0 saturated carbocycles. The molecule has 0 aliphatic carbocycles. The Hall–Kier alpha value is -4.45. The number of alkyl halides is 2. The molecular weight excluding hydrogens is 502 g/mol. The molecule has 0 radical (unpaired) electrons. The summed E-state index contributed by atoms with van der Waals surface area (Å²) in [6.07, 6.45) is 6.22. The minimum Gasteiger partial charge on any atom is -0.497 e. The van der Waals surface area contributed by atoms with Crippen LogP contribution >= 0.6 is 11.8 Å². The van der Waals surface area contributed by atoms with E-state index in [1.54, 1.807) is 50.9 Å². The Morgan fingerprint density at radius 1 is 1.14 bits per heavy atom. The molecule has 1 N–H and O–H groups in total. The van der Waals surface area contributed by atoms with Crippen LogP contribution in [-0.2, 0) is 7.05 Å². The predicted octanol–water partition coefficient (Wildman–Crippen LogP) is 5.14. The zero-order chi connectivity index (χ0) is 25.9. The minimum atomic E-state index is -3.04. The molecule has 1 amide bonds. The van der Waals surface area contributed by atoms with Crippen molar-refractivity contribution >= 4 is 29.0 Å². The van der Waals surface area contributed by atoms with Crippen LogP contribution in [0.3, 0.4) is 0 Å². The molecule has 0 atom stereocenters. The monoisotopic (exact) mass is 522 g/mol. The first kappa shape index (κ1) is 24.3. The maximum atomic E-state index is 13.2. The molecule has 9 nitrogen and oxygen atoms in total. The van der Waals surface area contributed by atoms with Gasteiger partial charge >= 0.3 is 6.61 Å². The van der Waals surface area contributed by atoms with Crippen LogP contribution in [0, 0.1) is 0 Å². The van der Waals surface area contributed by atoms with Crippen molar-refractivity contribution in [1.82, 2.24) is 24.4 Å². The van der Waals surface area contributed by atoms with Crippen LogP contribution in [0.15, 0.2) is 83.1 Å². The van der Waals surface area contributed by atoms with Gasteiger partial charge in [0.2, 0.25) is 0 Å². The quantitative estimate of drug-likeness (QED) is 0.301. The lowest BCUT2D eigenvalue weighted by molar-refractivity contribution is -0.0494. The normalized spacial score (nSPS) is 11.2. The number of hydrogen-bond donors (Lipinski definition) is 1. The van der Waals surface area contributed by atoms with E-state index in [0.29, 0.717) is 22.6 Å². The van der Waals surface area contributed by atoms with Gasteiger partial charge in [-0.05, 0) is 42.5 Å². The fraction of sp³-hybridized carbons (Fsp3) is 0.120. The predicted molar refractivity (Wildman–Crippen MR) is 133 cm³/mol. The van der Waals surface area contributed by atoms with Gasteiger partial charge in [0, 0.05) is 41.0 Å². The molecule has 3 aromatic heterocycles. The highest BCUT2D eigenvalue weighted by Gasteiger charge is 2.22. The van der Waals surface area contributed by atoms with Crippen molar-refractivity contribution in [3.05, 3.63) is 78.9 Å². The number of rotatable bonds is 8. The van der Waals surface area contributed by atoms with Gasteiger partial charge in [-0.2, -0.15) is 19.0 Å². The second kappa shape index (κ2) is 10.3. The second-order valence-electron chi connectivity index (χ2n) is 7.78. The van der Waals surface area contributed by atoms with Gasteiger partial charge in [-0.3, -0.25) is 9.48 Å². The first-order chi connectivity index (χ1) is 17.9. The Morgan fingerprint density at radius 2 is 1.97 bits per heavy atom. The number of halogens is 2. The largest absolute Gasteiger partial charge is 0.497 e. The molecule has 0 saturated heterocycles. The average molecular weight is 523 g/mol. The molecule has 0 unspecified atom stereocenters. The Kier molecular flexibility index (Phi) is 6.73. The van der Waals surface area contributed by atoms with Crippen LogP contribution in [0.2, 0.25) is 0 Å². The molecule has 37 heavy (non-hydrogen) atoms. The lowest BCUT2D eigenvalue weighted by Crippen LogP contribution is -2.12. The number of amides is 1. The van der Waals surface area contributed by atoms with E-state index in [9.17, 15) is 13.6 Å². The summed E-state index contributed by atoms with van der Waals surface area (Å²) in [5, 5.41) is 11.4. The van der Waals surface area contributed by atoms with Crippen molar-refractivity contribution in [3.63, 3.8) is 0 Å².